The lowest BCUT2D eigenvalue weighted by molar-refractivity contribution is -0.213. The van der Waals surface area contributed by atoms with Crippen LogP contribution in [0.5, 0.6) is 0 Å². The third kappa shape index (κ3) is 5.14. The van der Waals surface area contributed by atoms with Gasteiger partial charge in [0.1, 0.15) is 0 Å². The molecule has 0 aromatic carbocycles. The Labute approximate surface area is 118 Å². The summed E-state index contributed by atoms with van der Waals surface area (Å²) in [5.41, 5.74) is 0. The lowest BCUT2D eigenvalue weighted by Crippen LogP contribution is -2.44. The average Bonchev–Trinajstić information content (AvgIpc) is 2.33. The molecular formula is C12H19Cl2NO3. The van der Waals surface area contributed by atoms with Gasteiger partial charge < -0.3 is 14.4 Å². The monoisotopic (exact) mass is 295 g/mol. The van der Waals surface area contributed by atoms with Crippen molar-refractivity contribution in [1.29, 1.82) is 0 Å². The van der Waals surface area contributed by atoms with E-state index in [-0.39, 0.29) is 12.0 Å². The molecule has 0 saturated carbocycles. The van der Waals surface area contributed by atoms with Crippen LogP contribution < -0.4 is 0 Å². The second-order valence-electron chi connectivity index (χ2n) is 4.15. The number of alkyl halides is 2. The van der Waals surface area contributed by atoms with Crippen LogP contribution in [0.3, 0.4) is 0 Å². The van der Waals surface area contributed by atoms with Gasteiger partial charge >= 0.3 is 0 Å². The van der Waals surface area contributed by atoms with E-state index >= 15 is 0 Å². The number of carbonyl (C=O) groups excluding carboxylic acids is 1. The molecule has 0 radical (unpaired) electrons. The predicted octanol–water partition coefficient (Wildman–Crippen LogP) is 2.35. The predicted molar refractivity (Wildman–Crippen MR) is 71.8 cm³/mol. The minimum Gasteiger partial charge on any atom is -0.351 e. The Morgan fingerprint density at radius 3 is 2.83 bits per heavy atom. The number of hydrogen-bond acceptors (Lipinski definition) is 3. The first-order valence-corrected chi connectivity index (χ1v) is 6.87. The fourth-order valence-corrected chi connectivity index (χ4v) is 1.91. The van der Waals surface area contributed by atoms with Gasteiger partial charge in [0.15, 0.2) is 11.1 Å². The fourth-order valence-electron chi connectivity index (χ4n) is 1.63. The summed E-state index contributed by atoms with van der Waals surface area (Å²) in [4.78, 5) is 12.3. The molecule has 0 spiro atoms. The van der Waals surface area contributed by atoms with E-state index in [1.54, 1.807) is 0 Å². The van der Waals surface area contributed by atoms with E-state index in [9.17, 15) is 4.79 Å². The van der Waals surface area contributed by atoms with Crippen molar-refractivity contribution >= 4 is 29.1 Å². The third-order valence-electron chi connectivity index (χ3n) is 2.64. The van der Waals surface area contributed by atoms with E-state index < -0.39 is 11.1 Å². The summed E-state index contributed by atoms with van der Waals surface area (Å²) in [6.45, 7) is 5.30. The second-order valence-corrected chi connectivity index (χ2v) is 5.24. The van der Waals surface area contributed by atoms with E-state index in [4.69, 9.17) is 32.7 Å². The third-order valence-corrected chi connectivity index (χ3v) is 3.01. The van der Waals surface area contributed by atoms with Crippen molar-refractivity contribution in [3.8, 4) is 0 Å². The number of allylic oxidation sites excluding steroid dienone is 1. The first kappa shape index (κ1) is 15.8. The highest BCUT2D eigenvalue weighted by Gasteiger charge is 2.26. The maximum atomic E-state index is 11.8. The molecule has 1 heterocycles. The quantitative estimate of drug-likeness (QED) is 0.577. The largest absolute Gasteiger partial charge is 0.351 e. The summed E-state index contributed by atoms with van der Waals surface area (Å²) in [6.07, 6.45) is 4.33. The molecule has 18 heavy (non-hydrogen) atoms. The van der Waals surface area contributed by atoms with Gasteiger partial charge in [0.05, 0.1) is 19.3 Å². The van der Waals surface area contributed by atoms with Crippen LogP contribution in [0, 0.1) is 0 Å². The highest BCUT2D eigenvalue weighted by molar-refractivity contribution is 6.53. The summed E-state index contributed by atoms with van der Waals surface area (Å²) < 4.78 is 11.1. The van der Waals surface area contributed by atoms with Crippen molar-refractivity contribution in [1.82, 2.24) is 4.90 Å². The van der Waals surface area contributed by atoms with Crippen LogP contribution in [0.4, 0.5) is 0 Å². The molecule has 1 aliphatic heterocycles. The van der Waals surface area contributed by atoms with Crippen LogP contribution in [0.2, 0.25) is 0 Å². The summed E-state index contributed by atoms with van der Waals surface area (Å²) in [5.74, 6) is -0.332. The first-order valence-electron chi connectivity index (χ1n) is 5.99. The molecule has 2 unspecified atom stereocenters. The topological polar surface area (TPSA) is 38.8 Å². The van der Waals surface area contributed by atoms with Gasteiger partial charge in [-0.05, 0) is 20.3 Å². The minimum absolute atomic E-state index is 0.144. The van der Waals surface area contributed by atoms with Crippen LogP contribution in [0.15, 0.2) is 12.2 Å². The Morgan fingerprint density at radius 2 is 2.28 bits per heavy atom. The minimum atomic E-state index is -1.06. The zero-order valence-corrected chi connectivity index (χ0v) is 12.2. The molecule has 0 bridgehead atoms. The van der Waals surface area contributed by atoms with Gasteiger partial charge in [0.25, 0.3) is 5.91 Å². The Hall–Kier alpha value is -0.290. The summed E-state index contributed by atoms with van der Waals surface area (Å²) in [6, 6.07) is 0. The lowest BCUT2D eigenvalue weighted by atomic mass is 10.3. The SMILES string of the molecule is CC=CCN(CC1OCCC(C)O1)C(=O)C(Cl)Cl. The number of nitrogens with zero attached hydrogens (tertiary/aromatic N) is 1. The van der Waals surface area contributed by atoms with Crippen molar-refractivity contribution < 1.29 is 14.3 Å². The summed E-state index contributed by atoms with van der Waals surface area (Å²) in [5, 5.41) is 0. The van der Waals surface area contributed by atoms with Crippen LogP contribution in [-0.2, 0) is 14.3 Å². The van der Waals surface area contributed by atoms with E-state index in [2.05, 4.69) is 0 Å². The van der Waals surface area contributed by atoms with Crippen LogP contribution in [0.25, 0.3) is 0 Å². The molecule has 1 fully saturated rings. The van der Waals surface area contributed by atoms with Gasteiger partial charge in [0, 0.05) is 6.54 Å². The molecule has 104 valence electrons. The smallest absolute Gasteiger partial charge is 0.256 e. The Balaban J connectivity index is 2.56. The van der Waals surface area contributed by atoms with E-state index in [0.717, 1.165) is 6.42 Å². The normalized spacial score (nSPS) is 24.7. The van der Waals surface area contributed by atoms with Gasteiger partial charge in [-0.1, -0.05) is 35.4 Å². The molecule has 0 aliphatic carbocycles. The Morgan fingerprint density at radius 1 is 1.56 bits per heavy atom. The first-order chi connectivity index (χ1) is 8.54. The Bertz CT molecular complexity index is 297. The maximum Gasteiger partial charge on any atom is 0.256 e. The number of rotatable bonds is 5. The van der Waals surface area contributed by atoms with Crippen molar-refractivity contribution in [3.63, 3.8) is 0 Å². The van der Waals surface area contributed by atoms with Gasteiger partial charge in [0.2, 0.25) is 0 Å². The van der Waals surface area contributed by atoms with E-state index in [1.807, 2.05) is 26.0 Å². The van der Waals surface area contributed by atoms with Gasteiger partial charge in [-0.15, -0.1) is 0 Å². The molecule has 1 amide bonds. The molecular weight excluding hydrogens is 277 g/mol. The van der Waals surface area contributed by atoms with Gasteiger partial charge in [-0.2, -0.15) is 0 Å². The van der Waals surface area contributed by atoms with E-state index in [1.165, 1.54) is 4.90 Å². The molecule has 1 saturated heterocycles. The molecule has 0 aromatic heterocycles. The van der Waals surface area contributed by atoms with Gasteiger partial charge in [-0.25, -0.2) is 0 Å². The molecule has 0 aromatic rings. The van der Waals surface area contributed by atoms with Crippen LogP contribution in [0.1, 0.15) is 20.3 Å². The Kier molecular flexibility index (Phi) is 7.00. The summed E-state index contributed by atoms with van der Waals surface area (Å²) in [7, 11) is 0. The van der Waals surface area contributed by atoms with Crippen molar-refractivity contribution in [2.45, 2.75) is 37.5 Å². The number of ether oxygens (including phenoxy) is 2. The maximum absolute atomic E-state index is 11.8. The number of halogens is 2. The highest BCUT2D eigenvalue weighted by atomic mass is 35.5. The van der Waals surface area contributed by atoms with E-state index in [0.29, 0.717) is 19.7 Å². The van der Waals surface area contributed by atoms with Crippen molar-refractivity contribution in [2.75, 3.05) is 19.7 Å². The van der Waals surface area contributed by atoms with Gasteiger partial charge in [-0.3, -0.25) is 4.79 Å². The highest BCUT2D eigenvalue weighted by Crippen LogP contribution is 2.15. The zero-order valence-electron chi connectivity index (χ0n) is 10.6. The molecule has 6 heteroatoms. The number of hydrogen-bond donors (Lipinski definition) is 0. The molecule has 2 atom stereocenters. The molecule has 1 rings (SSSR count). The van der Waals surface area contributed by atoms with Crippen LogP contribution >= 0.6 is 23.2 Å². The van der Waals surface area contributed by atoms with Crippen molar-refractivity contribution in [3.05, 3.63) is 12.2 Å². The number of amides is 1. The summed E-state index contributed by atoms with van der Waals surface area (Å²) >= 11 is 11.2. The fraction of sp³-hybridized carbons (Fsp3) is 0.750. The molecule has 4 nitrogen and oxygen atoms in total. The number of carbonyl (C=O) groups is 1. The standard InChI is InChI=1S/C12H19Cl2NO3/c1-3-4-6-15(12(16)11(13)14)8-10-17-7-5-9(2)18-10/h3-4,9-11H,5-8H2,1-2H3. The van der Waals surface area contributed by atoms with Crippen LogP contribution in [-0.4, -0.2) is 47.7 Å². The average molecular weight is 296 g/mol. The zero-order chi connectivity index (χ0) is 13.5. The van der Waals surface area contributed by atoms with Crippen molar-refractivity contribution in [2.24, 2.45) is 0 Å². The lowest BCUT2D eigenvalue weighted by Gasteiger charge is -2.32. The molecule has 0 N–H and O–H groups in total. The second kappa shape index (κ2) is 8.00. The molecule has 1 aliphatic rings.